The molecule has 1 saturated carbocycles. The number of aryl methyl sites for hydroxylation is 2. The Morgan fingerprint density at radius 1 is 0.973 bits per heavy atom. The zero-order valence-electron chi connectivity index (χ0n) is 22.6. The van der Waals surface area contributed by atoms with Gasteiger partial charge in [0.25, 0.3) is 5.91 Å². The second-order valence-electron chi connectivity index (χ2n) is 9.94. The standard InChI is InChI=1S/C30H41N3O4/c1-35-26-20-23(21-27(36-2)29(26)37-3)30(34)31-18-11-5-8-16-28-32-24-14-9-10-15-25(24)33(28)19-17-22-12-6-4-7-13-22/h9-10,14-15,20-22H,4-8,11-13,16-19H2,1-3H3,(H,31,34). The van der Waals surface area contributed by atoms with E-state index < -0.39 is 0 Å². The summed E-state index contributed by atoms with van der Waals surface area (Å²) in [5, 5.41) is 3.02. The molecule has 1 N–H and O–H groups in total. The third-order valence-electron chi connectivity index (χ3n) is 7.51. The minimum Gasteiger partial charge on any atom is -0.493 e. The number of para-hydroxylation sites is 2. The Bertz CT molecular complexity index is 1140. The lowest BCUT2D eigenvalue weighted by atomic mass is 9.87. The van der Waals surface area contributed by atoms with Crippen molar-refractivity contribution in [2.24, 2.45) is 5.92 Å². The predicted molar refractivity (Wildman–Crippen MR) is 147 cm³/mol. The molecule has 0 spiro atoms. The molecule has 1 aromatic heterocycles. The fourth-order valence-electron chi connectivity index (χ4n) is 5.45. The van der Waals surface area contributed by atoms with E-state index in [9.17, 15) is 4.79 Å². The number of hydrogen-bond acceptors (Lipinski definition) is 5. The molecule has 1 aliphatic carbocycles. The summed E-state index contributed by atoms with van der Waals surface area (Å²) >= 11 is 0. The molecule has 7 heteroatoms. The van der Waals surface area contributed by atoms with Crippen molar-refractivity contribution in [2.75, 3.05) is 27.9 Å². The van der Waals surface area contributed by atoms with E-state index in [1.54, 1.807) is 33.5 Å². The summed E-state index contributed by atoms with van der Waals surface area (Å²) < 4.78 is 18.5. The van der Waals surface area contributed by atoms with Gasteiger partial charge < -0.3 is 24.1 Å². The van der Waals surface area contributed by atoms with Crippen LogP contribution in [0.2, 0.25) is 0 Å². The van der Waals surface area contributed by atoms with Crippen molar-refractivity contribution in [3.8, 4) is 17.2 Å². The fourth-order valence-corrected chi connectivity index (χ4v) is 5.45. The fraction of sp³-hybridized carbons (Fsp3) is 0.533. The molecule has 4 rings (SSSR count). The first-order valence-corrected chi connectivity index (χ1v) is 13.7. The van der Waals surface area contributed by atoms with E-state index in [1.165, 1.54) is 49.9 Å². The van der Waals surface area contributed by atoms with Crippen molar-refractivity contribution >= 4 is 16.9 Å². The van der Waals surface area contributed by atoms with Crippen LogP contribution in [0.5, 0.6) is 17.2 Å². The molecule has 0 radical (unpaired) electrons. The van der Waals surface area contributed by atoms with E-state index in [-0.39, 0.29) is 5.91 Å². The number of imidazole rings is 1. The van der Waals surface area contributed by atoms with Crippen LogP contribution in [0.15, 0.2) is 36.4 Å². The average molecular weight is 508 g/mol. The number of benzene rings is 2. The number of rotatable bonds is 13. The number of aromatic nitrogens is 2. The molecule has 0 saturated heterocycles. The molecule has 0 bridgehead atoms. The topological polar surface area (TPSA) is 74.6 Å². The quantitative estimate of drug-likeness (QED) is 0.280. The summed E-state index contributed by atoms with van der Waals surface area (Å²) in [6, 6.07) is 11.9. The van der Waals surface area contributed by atoms with Crippen molar-refractivity contribution in [3.63, 3.8) is 0 Å². The molecule has 1 heterocycles. The predicted octanol–water partition coefficient (Wildman–Crippen LogP) is 6.18. The second kappa shape index (κ2) is 13.4. The van der Waals surface area contributed by atoms with Crippen LogP contribution >= 0.6 is 0 Å². The Hall–Kier alpha value is -3.22. The van der Waals surface area contributed by atoms with E-state index in [2.05, 4.69) is 34.1 Å². The number of ether oxygens (including phenoxy) is 3. The highest BCUT2D eigenvalue weighted by Crippen LogP contribution is 2.38. The number of unbranched alkanes of at least 4 members (excludes halogenated alkanes) is 2. The number of hydrogen-bond donors (Lipinski definition) is 1. The van der Waals surface area contributed by atoms with Gasteiger partial charge >= 0.3 is 0 Å². The zero-order valence-corrected chi connectivity index (χ0v) is 22.6. The van der Waals surface area contributed by atoms with E-state index in [4.69, 9.17) is 19.2 Å². The van der Waals surface area contributed by atoms with Gasteiger partial charge in [-0.3, -0.25) is 4.79 Å². The Kier molecular flexibility index (Phi) is 9.69. The van der Waals surface area contributed by atoms with Gasteiger partial charge in [0.15, 0.2) is 11.5 Å². The normalized spacial score (nSPS) is 14.0. The van der Waals surface area contributed by atoms with Crippen LogP contribution < -0.4 is 19.5 Å². The highest BCUT2D eigenvalue weighted by Gasteiger charge is 2.18. The molecule has 0 aliphatic heterocycles. The largest absolute Gasteiger partial charge is 0.493 e. The second-order valence-corrected chi connectivity index (χ2v) is 9.94. The Labute approximate surface area is 220 Å². The van der Waals surface area contributed by atoms with E-state index >= 15 is 0 Å². The van der Waals surface area contributed by atoms with E-state index in [0.717, 1.165) is 43.7 Å². The lowest BCUT2D eigenvalue weighted by Gasteiger charge is -2.22. The van der Waals surface area contributed by atoms with Crippen molar-refractivity contribution in [1.82, 2.24) is 14.9 Å². The lowest BCUT2D eigenvalue weighted by molar-refractivity contribution is 0.0952. The van der Waals surface area contributed by atoms with Gasteiger partial charge in [-0.2, -0.15) is 0 Å². The minimum absolute atomic E-state index is 0.149. The molecule has 7 nitrogen and oxygen atoms in total. The summed E-state index contributed by atoms with van der Waals surface area (Å²) in [5.41, 5.74) is 2.84. The summed E-state index contributed by atoms with van der Waals surface area (Å²) in [5.74, 6) is 3.32. The van der Waals surface area contributed by atoms with Crippen molar-refractivity contribution in [2.45, 2.75) is 70.8 Å². The molecule has 1 fully saturated rings. The van der Waals surface area contributed by atoms with Crippen LogP contribution in [-0.2, 0) is 13.0 Å². The molecule has 0 unspecified atom stereocenters. The minimum atomic E-state index is -0.149. The first-order chi connectivity index (χ1) is 18.1. The maximum absolute atomic E-state index is 12.7. The van der Waals surface area contributed by atoms with Crippen molar-refractivity contribution in [1.29, 1.82) is 0 Å². The highest BCUT2D eigenvalue weighted by atomic mass is 16.5. The van der Waals surface area contributed by atoms with Gasteiger partial charge in [-0.05, 0) is 49.4 Å². The SMILES string of the molecule is COc1cc(C(=O)NCCCCCc2nc3ccccc3n2CCC2CCCCC2)cc(OC)c1OC. The van der Waals surface area contributed by atoms with Crippen LogP contribution in [-0.4, -0.2) is 43.3 Å². The first-order valence-electron chi connectivity index (χ1n) is 13.7. The summed E-state index contributed by atoms with van der Waals surface area (Å²) in [6.45, 7) is 1.68. The van der Waals surface area contributed by atoms with Crippen LogP contribution in [0.4, 0.5) is 0 Å². The average Bonchev–Trinajstić information content (AvgIpc) is 3.30. The molecule has 37 heavy (non-hydrogen) atoms. The Balaban J connectivity index is 1.27. The number of methoxy groups -OCH3 is 3. The van der Waals surface area contributed by atoms with Gasteiger partial charge in [0.2, 0.25) is 5.75 Å². The van der Waals surface area contributed by atoms with Crippen LogP contribution in [0.3, 0.4) is 0 Å². The summed E-state index contributed by atoms with van der Waals surface area (Å²) in [7, 11) is 4.64. The number of carbonyl (C=O) groups excluding carboxylic acids is 1. The zero-order chi connectivity index (χ0) is 26.0. The van der Waals surface area contributed by atoms with E-state index in [0.29, 0.717) is 29.4 Å². The number of carbonyl (C=O) groups is 1. The summed E-state index contributed by atoms with van der Waals surface area (Å²) in [4.78, 5) is 17.7. The molecule has 3 aromatic rings. The summed E-state index contributed by atoms with van der Waals surface area (Å²) in [6.07, 6.45) is 12.1. The number of nitrogens with one attached hydrogen (secondary N) is 1. The Morgan fingerprint density at radius 3 is 2.41 bits per heavy atom. The van der Waals surface area contributed by atoms with Crippen molar-refractivity contribution in [3.05, 3.63) is 47.8 Å². The number of nitrogens with zero attached hydrogens (tertiary/aromatic N) is 2. The molecule has 2 aromatic carbocycles. The first kappa shape index (κ1) is 26.8. The number of amides is 1. The molecule has 0 atom stereocenters. The molecular formula is C30H41N3O4. The lowest BCUT2D eigenvalue weighted by Crippen LogP contribution is -2.24. The smallest absolute Gasteiger partial charge is 0.251 e. The highest BCUT2D eigenvalue weighted by molar-refractivity contribution is 5.95. The molecule has 200 valence electrons. The van der Waals surface area contributed by atoms with Gasteiger partial charge in [-0.1, -0.05) is 50.7 Å². The van der Waals surface area contributed by atoms with E-state index in [1.807, 2.05) is 0 Å². The third kappa shape index (κ3) is 6.76. The maximum atomic E-state index is 12.7. The van der Waals surface area contributed by atoms with Crippen LogP contribution in [0.1, 0.15) is 74.0 Å². The maximum Gasteiger partial charge on any atom is 0.251 e. The molecule has 1 amide bonds. The van der Waals surface area contributed by atoms with Gasteiger partial charge in [0.05, 0.1) is 32.4 Å². The third-order valence-corrected chi connectivity index (χ3v) is 7.51. The van der Waals surface area contributed by atoms with Gasteiger partial charge in [0.1, 0.15) is 5.82 Å². The molecule has 1 aliphatic rings. The van der Waals surface area contributed by atoms with Gasteiger partial charge in [-0.15, -0.1) is 0 Å². The van der Waals surface area contributed by atoms with Crippen molar-refractivity contribution < 1.29 is 19.0 Å². The molecular weight excluding hydrogens is 466 g/mol. The monoisotopic (exact) mass is 507 g/mol. The Morgan fingerprint density at radius 2 is 1.70 bits per heavy atom. The van der Waals surface area contributed by atoms with Gasteiger partial charge in [0, 0.05) is 25.1 Å². The number of fused-ring (bicyclic) bond motifs is 1. The van der Waals surface area contributed by atoms with Crippen LogP contribution in [0.25, 0.3) is 11.0 Å². The van der Waals surface area contributed by atoms with Gasteiger partial charge in [-0.25, -0.2) is 4.98 Å². The van der Waals surface area contributed by atoms with Crippen LogP contribution in [0, 0.1) is 5.92 Å².